The van der Waals surface area contributed by atoms with Gasteiger partial charge in [0.25, 0.3) is 0 Å². The Labute approximate surface area is 185 Å². The fourth-order valence-electron chi connectivity index (χ4n) is 4.45. The lowest BCUT2D eigenvalue weighted by molar-refractivity contribution is -0.116. The Morgan fingerprint density at radius 2 is 1.77 bits per heavy atom. The SMILES string of the molecule is CN=C(NCc1ccc(CN2CCCCC2)cc1)NCC1CC(=O)Nc2ccccc21. The molecule has 0 spiro atoms. The van der Waals surface area contributed by atoms with Gasteiger partial charge in [0, 0.05) is 44.7 Å². The van der Waals surface area contributed by atoms with E-state index in [9.17, 15) is 4.79 Å². The predicted octanol–water partition coefficient (Wildman–Crippen LogP) is 3.46. The van der Waals surface area contributed by atoms with E-state index in [1.54, 1.807) is 7.05 Å². The zero-order chi connectivity index (χ0) is 21.5. The van der Waals surface area contributed by atoms with E-state index in [4.69, 9.17) is 0 Å². The van der Waals surface area contributed by atoms with Gasteiger partial charge in [-0.05, 0) is 48.7 Å². The number of nitrogens with one attached hydrogen (secondary N) is 3. The van der Waals surface area contributed by atoms with Crippen LogP contribution in [0.2, 0.25) is 0 Å². The third-order valence-electron chi connectivity index (χ3n) is 6.18. The molecule has 2 aliphatic rings. The van der Waals surface area contributed by atoms with Gasteiger partial charge in [-0.15, -0.1) is 0 Å². The molecule has 6 nitrogen and oxygen atoms in total. The number of anilines is 1. The van der Waals surface area contributed by atoms with Crippen molar-refractivity contribution in [3.8, 4) is 0 Å². The summed E-state index contributed by atoms with van der Waals surface area (Å²) in [6.45, 7) is 4.87. The average molecular weight is 420 g/mol. The van der Waals surface area contributed by atoms with Crippen molar-refractivity contribution in [3.05, 3.63) is 65.2 Å². The Balaban J connectivity index is 1.27. The second-order valence-electron chi connectivity index (χ2n) is 8.50. The van der Waals surface area contributed by atoms with E-state index >= 15 is 0 Å². The molecule has 2 aromatic rings. The first kappa shape index (κ1) is 21.4. The maximum Gasteiger partial charge on any atom is 0.225 e. The van der Waals surface area contributed by atoms with Gasteiger partial charge in [-0.1, -0.05) is 48.9 Å². The van der Waals surface area contributed by atoms with Gasteiger partial charge in [-0.2, -0.15) is 0 Å². The molecule has 3 N–H and O–H groups in total. The molecule has 1 fully saturated rings. The molecule has 0 aliphatic carbocycles. The normalized spacial score (nSPS) is 19.5. The smallest absolute Gasteiger partial charge is 0.225 e. The van der Waals surface area contributed by atoms with Crippen molar-refractivity contribution in [2.75, 3.05) is 32.0 Å². The lowest BCUT2D eigenvalue weighted by Gasteiger charge is -2.26. The number of hydrogen-bond acceptors (Lipinski definition) is 3. The number of rotatable bonds is 6. The van der Waals surface area contributed by atoms with Gasteiger partial charge in [0.15, 0.2) is 5.96 Å². The molecule has 164 valence electrons. The molecule has 31 heavy (non-hydrogen) atoms. The molecule has 0 bridgehead atoms. The maximum atomic E-state index is 12.0. The van der Waals surface area contributed by atoms with Crippen LogP contribution in [-0.4, -0.2) is 43.4 Å². The molecule has 1 saturated heterocycles. The van der Waals surface area contributed by atoms with Gasteiger partial charge in [0.05, 0.1) is 0 Å². The van der Waals surface area contributed by atoms with E-state index < -0.39 is 0 Å². The number of benzene rings is 2. The van der Waals surface area contributed by atoms with E-state index in [1.807, 2.05) is 18.2 Å². The third-order valence-corrected chi connectivity index (χ3v) is 6.18. The number of piperidine rings is 1. The number of carbonyl (C=O) groups is 1. The predicted molar refractivity (Wildman–Crippen MR) is 126 cm³/mol. The molecule has 2 aromatic carbocycles. The molecule has 2 aliphatic heterocycles. The topological polar surface area (TPSA) is 68.8 Å². The number of carbonyl (C=O) groups excluding carboxylic acids is 1. The van der Waals surface area contributed by atoms with E-state index in [0.717, 1.165) is 18.2 Å². The maximum absolute atomic E-state index is 12.0. The summed E-state index contributed by atoms with van der Waals surface area (Å²) >= 11 is 0. The largest absolute Gasteiger partial charge is 0.356 e. The Bertz CT molecular complexity index is 902. The number of para-hydroxylation sites is 1. The minimum atomic E-state index is 0.0677. The van der Waals surface area contributed by atoms with E-state index in [-0.39, 0.29) is 11.8 Å². The molecule has 4 rings (SSSR count). The van der Waals surface area contributed by atoms with Crippen LogP contribution in [0.4, 0.5) is 5.69 Å². The fraction of sp³-hybridized carbons (Fsp3) is 0.440. The van der Waals surface area contributed by atoms with Crippen LogP contribution in [0.25, 0.3) is 0 Å². The van der Waals surface area contributed by atoms with Crippen LogP contribution in [0, 0.1) is 0 Å². The minimum Gasteiger partial charge on any atom is -0.356 e. The van der Waals surface area contributed by atoms with Gasteiger partial charge >= 0.3 is 0 Å². The molecule has 1 unspecified atom stereocenters. The van der Waals surface area contributed by atoms with Crippen molar-refractivity contribution in [1.29, 1.82) is 0 Å². The summed E-state index contributed by atoms with van der Waals surface area (Å²) in [5.74, 6) is 0.955. The van der Waals surface area contributed by atoms with Gasteiger partial charge in [-0.25, -0.2) is 0 Å². The summed E-state index contributed by atoms with van der Waals surface area (Å²) in [7, 11) is 1.78. The average Bonchev–Trinajstić information content (AvgIpc) is 2.80. The van der Waals surface area contributed by atoms with Crippen LogP contribution in [-0.2, 0) is 17.9 Å². The minimum absolute atomic E-state index is 0.0677. The van der Waals surface area contributed by atoms with Crippen molar-refractivity contribution < 1.29 is 4.79 Å². The zero-order valence-corrected chi connectivity index (χ0v) is 18.4. The number of amides is 1. The second kappa shape index (κ2) is 10.4. The third kappa shape index (κ3) is 5.85. The van der Waals surface area contributed by atoms with Crippen LogP contribution in [0.3, 0.4) is 0 Å². The summed E-state index contributed by atoms with van der Waals surface area (Å²) < 4.78 is 0. The molecule has 0 radical (unpaired) electrons. The highest BCUT2D eigenvalue weighted by atomic mass is 16.1. The first-order chi connectivity index (χ1) is 15.2. The van der Waals surface area contributed by atoms with Gasteiger partial charge in [-0.3, -0.25) is 14.7 Å². The zero-order valence-electron chi connectivity index (χ0n) is 18.4. The monoisotopic (exact) mass is 419 g/mol. The molecule has 1 amide bonds. The summed E-state index contributed by atoms with van der Waals surface area (Å²) in [6, 6.07) is 16.9. The highest BCUT2D eigenvalue weighted by Crippen LogP contribution is 2.31. The van der Waals surface area contributed by atoms with Crippen LogP contribution in [0.5, 0.6) is 0 Å². The van der Waals surface area contributed by atoms with E-state index in [0.29, 0.717) is 19.5 Å². The van der Waals surface area contributed by atoms with E-state index in [2.05, 4.69) is 56.2 Å². The van der Waals surface area contributed by atoms with Crippen LogP contribution >= 0.6 is 0 Å². The Kier molecular flexibility index (Phi) is 7.20. The van der Waals surface area contributed by atoms with Crippen LogP contribution in [0.1, 0.15) is 48.3 Å². The Hall–Kier alpha value is -2.86. The number of guanidine groups is 1. The Morgan fingerprint density at radius 3 is 2.55 bits per heavy atom. The summed E-state index contributed by atoms with van der Waals surface area (Å²) in [5.41, 5.74) is 4.70. The standard InChI is InChI=1S/C25H33N5O/c1-26-25(28-17-21-15-24(31)29-23-8-4-3-7-22(21)23)27-16-19-9-11-20(12-10-19)18-30-13-5-2-6-14-30/h3-4,7-12,21H,2,5-6,13-18H2,1H3,(H,29,31)(H2,26,27,28). The van der Waals surface area contributed by atoms with E-state index in [1.165, 1.54) is 49.0 Å². The molecule has 0 aromatic heterocycles. The molecular weight excluding hydrogens is 386 g/mol. The number of hydrogen-bond donors (Lipinski definition) is 3. The first-order valence-electron chi connectivity index (χ1n) is 11.3. The molecule has 6 heteroatoms. The molecule has 1 atom stereocenters. The van der Waals surface area contributed by atoms with Crippen molar-refractivity contribution in [3.63, 3.8) is 0 Å². The summed E-state index contributed by atoms with van der Waals surface area (Å²) in [5, 5.41) is 9.73. The van der Waals surface area contributed by atoms with Gasteiger partial charge in [0.1, 0.15) is 0 Å². The molecular formula is C25H33N5O. The Morgan fingerprint density at radius 1 is 1.03 bits per heavy atom. The van der Waals surface area contributed by atoms with Crippen molar-refractivity contribution in [2.45, 2.75) is 44.7 Å². The quantitative estimate of drug-likeness (QED) is 0.495. The fourth-order valence-corrected chi connectivity index (χ4v) is 4.45. The number of nitrogens with zero attached hydrogens (tertiary/aromatic N) is 2. The summed E-state index contributed by atoms with van der Waals surface area (Å²) in [6.07, 6.45) is 4.51. The van der Waals surface area contributed by atoms with Crippen molar-refractivity contribution in [1.82, 2.24) is 15.5 Å². The molecule has 2 heterocycles. The lowest BCUT2D eigenvalue weighted by Crippen LogP contribution is -2.40. The van der Waals surface area contributed by atoms with Crippen molar-refractivity contribution >= 4 is 17.6 Å². The van der Waals surface area contributed by atoms with Gasteiger partial charge in [0.2, 0.25) is 5.91 Å². The highest BCUT2D eigenvalue weighted by Gasteiger charge is 2.24. The summed E-state index contributed by atoms with van der Waals surface area (Å²) in [4.78, 5) is 18.9. The number of fused-ring (bicyclic) bond motifs is 1. The number of aliphatic imine (C=N–C) groups is 1. The number of likely N-dealkylation sites (tertiary alicyclic amines) is 1. The molecule has 0 saturated carbocycles. The van der Waals surface area contributed by atoms with Crippen LogP contribution in [0.15, 0.2) is 53.5 Å². The van der Waals surface area contributed by atoms with Gasteiger partial charge < -0.3 is 16.0 Å². The second-order valence-corrected chi connectivity index (χ2v) is 8.50. The highest BCUT2D eigenvalue weighted by molar-refractivity contribution is 5.94. The van der Waals surface area contributed by atoms with Crippen molar-refractivity contribution in [2.24, 2.45) is 4.99 Å². The van der Waals surface area contributed by atoms with Crippen LogP contribution < -0.4 is 16.0 Å². The first-order valence-corrected chi connectivity index (χ1v) is 11.3. The lowest BCUT2D eigenvalue weighted by atomic mass is 9.90.